The number of halogens is 1. The van der Waals surface area contributed by atoms with Gasteiger partial charge in [-0.25, -0.2) is 0 Å². The summed E-state index contributed by atoms with van der Waals surface area (Å²) in [5, 5.41) is 3.55. The SMILES string of the molecule is CC1(C)C(=O)NCCN1C(=O)c1ccc(CBr)cc1. The van der Waals surface area contributed by atoms with Crippen LogP contribution in [-0.2, 0) is 10.1 Å². The summed E-state index contributed by atoms with van der Waals surface area (Å²) in [5.41, 5.74) is 0.934. The number of piperazine rings is 1. The zero-order valence-corrected chi connectivity index (χ0v) is 12.7. The van der Waals surface area contributed by atoms with E-state index >= 15 is 0 Å². The number of alkyl halides is 1. The van der Waals surface area contributed by atoms with E-state index in [0.717, 1.165) is 10.9 Å². The molecule has 0 aromatic heterocycles. The molecule has 2 amide bonds. The average Bonchev–Trinajstić information content (AvgIpc) is 2.41. The van der Waals surface area contributed by atoms with Crippen molar-refractivity contribution in [1.82, 2.24) is 10.2 Å². The lowest BCUT2D eigenvalue weighted by Gasteiger charge is -2.41. The van der Waals surface area contributed by atoms with E-state index in [1.165, 1.54) is 0 Å². The lowest BCUT2D eigenvalue weighted by Crippen LogP contribution is -2.63. The average molecular weight is 325 g/mol. The largest absolute Gasteiger partial charge is 0.352 e. The fraction of sp³-hybridized carbons (Fsp3) is 0.429. The molecular formula is C14H17BrN2O2. The van der Waals surface area contributed by atoms with Gasteiger partial charge in [0.15, 0.2) is 0 Å². The molecule has 1 aliphatic heterocycles. The highest BCUT2D eigenvalue weighted by atomic mass is 79.9. The van der Waals surface area contributed by atoms with E-state index in [0.29, 0.717) is 18.7 Å². The number of amides is 2. The summed E-state index contributed by atoms with van der Waals surface area (Å²) in [7, 11) is 0. The first-order valence-corrected chi connectivity index (χ1v) is 7.34. The van der Waals surface area contributed by atoms with Gasteiger partial charge in [-0.15, -0.1) is 0 Å². The zero-order valence-electron chi connectivity index (χ0n) is 11.1. The molecule has 0 spiro atoms. The molecule has 1 aromatic rings. The molecule has 2 rings (SSSR count). The van der Waals surface area contributed by atoms with Crippen LogP contribution in [0.3, 0.4) is 0 Å². The Morgan fingerprint density at radius 1 is 1.37 bits per heavy atom. The van der Waals surface area contributed by atoms with Crippen LogP contribution in [-0.4, -0.2) is 35.3 Å². The third kappa shape index (κ3) is 2.66. The normalized spacial score (nSPS) is 18.1. The summed E-state index contributed by atoms with van der Waals surface area (Å²) >= 11 is 3.37. The van der Waals surface area contributed by atoms with Crippen molar-refractivity contribution >= 4 is 27.7 Å². The van der Waals surface area contributed by atoms with E-state index in [9.17, 15) is 9.59 Å². The predicted molar refractivity (Wildman–Crippen MR) is 77.2 cm³/mol. The number of hydrogen-bond donors (Lipinski definition) is 1. The molecule has 0 saturated carbocycles. The maximum atomic E-state index is 12.5. The van der Waals surface area contributed by atoms with Crippen molar-refractivity contribution in [3.05, 3.63) is 35.4 Å². The Hall–Kier alpha value is -1.36. The van der Waals surface area contributed by atoms with Gasteiger partial charge in [0, 0.05) is 24.0 Å². The minimum absolute atomic E-state index is 0.0963. The van der Waals surface area contributed by atoms with E-state index in [-0.39, 0.29) is 11.8 Å². The summed E-state index contributed by atoms with van der Waals surface area (Å²) in [4.78, 5) is 26.0. The first kappa shape index (κ1) is 14.1. The van der Waals surface area contributed by atoms with Gasteiger partial charge < -0.3 is 10.2 Å². The topological polar surface area (TPSA) is 49.4 Å². The number of nitrogens with one attached hydrogen (secondary N) is 1. The van der Waals surface area contributed by atoms with Crippen LogP contribution in [0, 0.1) is 0 Å². The highest BCUT2D eigenvalue weighted by molar-refractivity contribution is 9.08. The Morgan fingerprint density at radius 3 is 2.58 bits per heavy atom. The molecule has 4 nitrogen and oxygen atoms in total. The molecule has 5 heteroatoms. The molecule has 0 aliphatic carbocycles. The lowest BCUT2D eigenvalue weighted by molar-refractivity contribution is -0.133. The van der Waals surface area contributed by atoms with Gasteiger partial charge >= 0.3 is 0 Å². The van der Waals surface area contributed by atoms with E-state index < -0.39 is 5.54 Å². The van der Waals surface area contributed by atoms with Crippen molar-refractivity contribution in [2.24, 2.45) is 0 Å². The van der Waals surface area contributed by atoms with Gasteiger partial charge in [0.1, 0.15) is 5.54 Å². The van der Waals surface area contributed by atoms with Crippen molar-refractivity contribution in [3.63, 3.8) is 0 Å². The van der Waals surface area contributed by atoms with Crippen molar-refractivity contribution in [2.45, 2.75) is 24.7 Å². The summed E-state index contributed by atoms with van der Waals surface area (Å²) in [5.74, 6) is -0.204. The first-order chi connectivity index (χ1) is 8.96. The molecule has 1 aromatic carbocycles. The minimum atomic E-state index is -0.802. The van der Waals surface area contributed by atoms with Gasteiger partial charge in [0.25, 0.3) is 5.91 Å². The second-order valence-corrected chi connectivity index (χ2v) is 5.66. The second-order valence-electron chi connectivity index (χ2n) is 5.10. The summed E-state index contributed by atoms with van der Waals surface area (Å²) < 4.78 is 0. The van der Waals surface area contributed by atoms with Gasteiger partial charge in [0.2, 0.25) is 5.91 Å². The van der Waals surface area contributed by atoms with E-state index in [1.807, 2.05) is 24.3 Å². The molecular weight excluding hydrogens is 308 g/mol. The zero-order chi connectivity index (χ0) is 14.0. The maximum absolute atomic E-state index is 12.5. The molecule has 102 valence electrons. The number of rotatable bonds is 2. The van der Waals surface area contributed by atoms with E-state index in [1.54, 1.807) is 18.7 Å². The Morgan fingerprint density at radius 2 is 2.00 bits per heavy atom. The number of carbonyl (C=O) groups is 2. The number of nitrogens with zero attached hydrogens (tertiary/aromatic N) is 1. The minimum Gasteiger partial charge on any atom is -0.352 e. The third-order valence-corrected chi connectivity index (χ3v) is 4.10. The molecule has 0 bridgehead atoms. The summed E-state index contributed by atoms with van der Waals surface area (Å²) in [6, 6.07) is 7.45. The molecule has 1 saturated heterocycles. The van der Waals surface area contributed by atoms with E-state index in [4.69, 9.17) is 0 Å². The van der Waals surface area contributed by atoms with Crippen LogP contribution in [0.15, 0.2) is 24.3 Å². The highest BCUT2D eigenvalue weighted by Gasteiger charge is 2.40. The van der Waals surface area contributed by atoms with Crippen LogP contribution >= 0.6 is 15.9 Å². The number of hydrogen-bond acceptors (Lipinski definition) is 2. The molecule has 0 radical (unpaired) electrons. The Balaban J connectivity index is 2.24. The van der Waals surface area contributed by atoms with Crippen molar-refractivity contribution < 1.29 is 9.59 Å². The van der Waals surface area contributed by atoms with Crippen LogP contribution in [0.1, 0.15) is 29.8 Å². The molecule has 1 N–H and O–H groups in total. The Labute approximate surface area is 121 Å². The van der Waals surface area contributed by atoms with E-state index in [2.05, 4.69) is 21.2 Å². The first-order valence-electron chi connectivity index (χ1n) is 6.22. The van der Waals surface area contributed by atoms with Gasteiger partial charge in [-0.2, -0.15) is 0 Å². The van der Waals surface area contributed by atoms with Gasteiger partial charge in [-0.05, 0) is 31.5 Å². The predicted octanol–water partition coefficient (Wildman–Crippen LogP) is 1.93. The van der Waals surface area contributed by atoms with Gasteiger partial charge in [-0.3, -0.25) is 9.59 Å². The van der Waals surface area contributed by atoms with Crippen LogP contribution in [0.5, 0.6) is 0 Å². The summed E-state index contributed by atoms with van der Waals surface area (Å²) in [6.07, 6.45) is 0. The van der Waals surface area contributed by atoms with Crippen molar-refractivity contribution in [3.8, 4) is 0 Å². The lowest BCUT2D eigenvalue weighted by atomic mass is 9.97. The van der Waals surface area contributed by atoms with Crippen molar-refractivity contribution in [1.29, 1.82) is 0 Å². The van der Waals surface area contributed by atoms with Gasteiger partial charge in [0.05, 0.1) is 0 Å². The standard InChI is InChI=1S/C14H17BrN2O2/c1-14(2)13(19)16-7-8-17(14)12(18)11-5-3-10(9-15)4-6-11/h3-6H,7-9H2,1-2H3,(H,16,19). The molecule has 1 fully saturated rings. The van der Waals surface area contributed by atoms with Crippen LogP contribution in [0.25, 0.3) is 0 Å². The molecule has 0 atom stereocenters. The fourth-order valence-electron chi connectivity index (χ4n) is 2.15. The smallest absolute Gasteiger partial charge is 0.254 e. The Bertz CT molecular complexity index is 497. The molecule has 19 heavy (non-hydrogen) atoms. The second kappa shape index (κ2) is 5.33. The Kier molecular flexibility index (Phi) is 3.94. The highest BCUT2D eigenvalue weighted by Crippen LogP contribution is 2.21. The monoisotopic (exact) mass is 324 g/mol. The number of benzene rings is 1. The quantitative estimate of drug-likeness (QED) is 0.845. The van der Waals surface area contributed by atoms with Crippen LogP contribution < -0.4 is 5.32 Å². The third-order valence-electron chi connectivity index (χ3n) is 3.45. The molecule has 1 heterocycles. The van der Waals surface area contributed by atoms with Crippen molar-refractivity contribution in [2.75, 3.05) is 13.1 Å². The molecule has 1 aliphatic rings. The van der Waals surface area contributed by atoms with Crippen LogP contribution in [0.2, 0.25) is 0 Å². The number of carbonyl (C=O) groups excluding carboxylic acids is 2. The molecule has 0 unspecified atom stereocenters. The summed E-state index contributed by atoms with van der Waals surface area (Å²) in [6.45, 7) is 4.59. The fourth-order valence-corrected chi connectivity index (χ4v) is 2.52. The van der Waals surface area contributed by atoms with Gasteiger partial charge in [-0.1, -0.05) is 28.1 Å². The van der Waals surface area contributed by atoms with Crippen LogP contribution in [0.4, 0.5) is 0 Å². The maximum Gasteiger partial charge on any atom is 0.254 e.